The zero-order valence-electron chi connectivity index (χ0n) is 8.49. The van der Waals surface area contributed by atoms with Gasteiger partial charge in [0.25, 0.3) is 5.69 Å². The van der Waals surface area contributed by atoms with Crippen LogP contribution >= 0.6 is 11.3 Å². The highest BCUT2D eigenvalue weighted by molar-refractivity contribution is 7.08. The van der Waals surface area contributed by atoms with Gasteiger partial charge in [-0.25, -0.2) is 4.79 Å². The van der Waals surface area contributed by atoms with Gasteiger partial charge >= 0.3 is 5.97 Å². The number of nitrogens with zero attached hydrogens (tertiary/aromatic N) is 1. The van der Waals surface area contributed by atoms with Crippen molar-refractivity contribution in [2.45, 2.75) is 0 Å². The van der Waals surface area contributed by atoms with Gasteiger partial charge in [0.1, 0.15) is 0 Å². The largest absolute Gasteiger partial charge is 0.478 e. The van der Waals surface area contributed by atoms with E-state index >= 15 is 0 Å². The van der Waals surface area contributed by atoms with Crippen LogP contribution in [0.2, 0.25) is 0 Å². The third kappa shape index (κ3) is 2.16. The second-order valence-corrected chi connectivity index (χ2v) is 4.08. The topological polar surface area (TPSA) is 80.4 Å². The maximum atomic E-state index is 11.1. The molecule has 0 radical (unpaired) electrons. The molecule has 0 amide bonds. The standard InChI is InChI=1S/C11H7NO4S/c13-11(14)10-5-8(12(15)16)1-2-9(10)7-3-4-17-6-7/h1-6H,(H,13,14). The fraction of sp³-hybridized carbons (Fsp3) is 0. The van der Waals surface area contributed by atoms with Crippen molar-refractivity contribution in [3.8, 4) is 11.1 Å². The van der Waals surface area contributed by atoms with Crippen LogP contribution in [0, 0.1) is 10.1 Å². The summed E-state index contributed by atoms with van der Waals surface area (Å²) in [6.07, 6.45) is 0. The minimum Gasteiger partial charge on any atom is -0.478 e. The average Bonchev–Trinajstić information content (AvgIpc) is 2.81. The van der Waals surface area contributed by atoms with Crippen molar-refractivity contribution in [2.24, 2.45) is 0 Å². The van der Waals surface area contributed by atoms with Crippen LogP contribution in [0.15, 0.2) is 35.0 Å². The minimum absolute atomic E-state index is 0.0578. The number of non-ortho nitro benzene ring substituents is 1. The van der Waals surface area contributed by atoms with E-state index in [1.807, 2.05) is 5.38 Å². The predicted octanol–water partition coefficient (Wildman–Crippen LogP) is 3.02. The molecule has 0 spiro atoms. The van der Waals surface area contributed by atoms with Crippen molar-refractivity contribution in [3.05, 3.63) is 50.7 Å². The van der Waals surface area contributed by atoms with Crippen LogP contribution in [0.1, 0.15) is 10.4 Å². The molecular formula is C11H7NO4S. The highest BCUT2D eigenvalue weighted by atomic mass is 32.1. The number of nitro benzene ring substituents is 1. The first-order valence-electron chi connectivity index (χ1n) is 4.64. The van der Waals surface area contributed by atoms with E-state index in [2.05, 4.69) is 0 Å². The lowest BCUT2D eigenvalue weighted by molar-refractivity contribution is -0.384. The third-order valence-corrected chi connectivity index (χ3v) is 2.96. The van der Waals surface area contributed by atoms with E-state index in [-0.39, 0.29) is 11.3 Å². The summed E-state index contributed by atoms with van der Waals surface area (Å²) in [7, 11) is 0. The minimum atomic E-state index is -1.17. The van der Waals surface area contributed by atoms with E-state index in [0.29, 0.717) is 5.56 Å². The number of carboxylic acid groups (broad SMARTS) is 1. The van der Waals surface area contributed by atoms with Gasteiger partial charge in [-0.1, -0.05) is 0 Å². The molecule has 0 bridgehead atoms. The molecule has 2 aromatic rings. The first-order valence-corrected chi connectivity index (χ1v) is 5.58. The molecule has 0 unspecified atom stereocenters. The van der Waals surface area contributed by atoms with Crippen LogP contribution < -0.4 is 0 Å². The molecule has 86 valence electrons. The number of carbonyl (C=O) groups is 1. The van der Waals surface area contributed by atoms with Gasteiger partial charge in [0, 0.05) is 12.1 Å². The summed E-state index contributed by atoms with van der Waals surface area (Å²) in [5.74, 6) is -1.17. The number of carboxylic acids is 1. The van der Waals surface area contributed by atoms with Gasteiger partial charge in [0.15, 0.2) is 0 Å². The van der Waals surface area contributed by atoms with Crippen molar-refractivity contribution in [2.75, 3.05) is 0 Å². The third-order valence-electron chi connectivity index (χ3n) is 2.28. The molecule has 1 N–H and O–H groups in total. The SMILES string of the molecule is O=C(O)c1cc([N+](=O)[O-])ccc1-c1ccsc1. The molecule has 1 heterocycles. The number of hydrogen-bond acceptors (Lipinski definition) is 4. The number of thiophene rings is 1. The smallest absolute Gasteiger partial charge is 0.336 e. The monoisotopic (exact) mass is 249 g/mol. The normalized spacial score (nSPS) is 10.1. The Morgan fingerprint density at radius 2 is 2.12 bits per heavy atom. The maximum Gasteiger partial charge on any atom is 0.336 e. The average molecular weight is 249 g/mol. The van der Waals surface area contributed by atoms with E-state index in [4.69, 9.17) is 5.11 Å². The molecular weight excluding hydrogens is 242 g/mol. The molecule has 0 aliphatic rings. The quantitative estimate of drug-likeness (QED) is 0.669. The lowest BCUT2D eigenvalue weighted by Crippen LogP contribution is -2.00. The van der Waals surface area contributed by atoms with Crippen LogP contribution in [0.3, 0.4) is 0 Å². The molecule has 0 atom stereocenters. The second kappa shape index (κ2) is 4.34. The summed E-state index contributed by atoms with van der Waals surface area (Å²) in [6, 6.07) is 5.62. The molecule has 0 fully saturated rings. The molecule has 0 aliphatic carbocycles. The van der Waals surface area contributed by atoms with Crippen LogP contribution in [0.5, 0.6) is 0 Å². The van der Waals surface area contributed by atoms with Gasteiger partial charge in [0.2, 0.25) is 0 Å². The van der Waals surface area contributed by atoms with Crippen LogP contribution in [-0.4, -0.2) is 16.0 Å². The van der Waals surface area contributed by atoms with Crippen molar-refractivity contribution < 1.29 is 14.8 Å². The highest BCUT2D eigenvalue weighted by Gasteiger charge is 2.16. The van der Waals surface area contributed by atoms with Gasteiger partial charge in [-0.05, 0) is 34.0 Å². The van der Waals surface area contributed by atoms with Gasteiger partial charge in [0.05, 0.1) is 10.5 Å². The highest BCUT2D eigenvalue weighted by Crippen LogP contribution is 2.28. The molecule has 2 rings (SSSR count). The lowest BCUT2D eigenvalue weighted by Gasteiger charge is -2.03. The first-order chi connectivity index (χ1) is 8.09. The number of benzene rings is 1. The molecule has 17 heavy (non-hydrogen) atoms. The molecule has 1 aromatic heterocycles. The summed E-state index contributed by atoms with van der Waals surface area (Å²) in [5.41, 5.74) is 0.964. The molecule has 0 aliphatic heterocycles. The van der Waals surface area contributed by atoms with Crippen molar-refractivity contribution in [1.29, 1.82) is 0 Å². The molecule has 5 nitrogen and oxygen atoms in total. The molecule has 0 saturated heterocycles. The van der Waals surface area contributed by atoms with Crippen molar-refractivity contribution in [3.63, 3.8) is 0 Å². The van der Waals surface area contributed by atoms with Crippen molar-refractivity contribution in [1.82, 2.24) is 0 Å². The number of hydrogen-bond donors (Lipinski definition) is 1. The fourth-order valence-corrected chi connectivity index (χ4v) is 2.15. The Morgan fingerprint density at radius 1 is 1.35 bits per heavy atom. The Morgan fingerprint density at radius 3 is 2.65 bits per heavy atom. The first kappa shape index (κ1) is 11.3. The van der Waals surface area contributed by atoms with E-state index < -0.39 is 10.9 Å². The molecule has 0 saturated carbocycles. The van der Waals surface area contributed by atoms with Crippen LogP contribution in [0.4, 0.5) is 5.69 Å². The number of aromatic carboxylic acids is 1. The molecule has 6 heteroatoms. The summed E-state index contributed by atoms with van der Waals surface area (Å²) in [4.78, 5) is 21.1. The summed E-state index contributed by atoms with van der Waals surface area (Å²) < 4.78 is 0. The van der Waals surface area contributed by atoms with Crippen molar-refractivity contribution >= 4 is 23.0 Å². The summed E-state index contributed by atoms with van der Waals surface area (Å²) in [5, 5.41) is 23.3. The van der Waals surface area contributed by atoms with E-state index in [9.17, 15) is 14.9 Å². The zero-order valence-corrected chi connectivity index (χ0v) is 9.31. The van der Waals surface area contributed by atoms with E-state index in [1.54, 1.807) is 11.4 Å². The molecule has 1 aromatic carbocycles. The van der Waals surface area contributed by atoms with E-state index in [1.165, 1.54) is 23.5 Å². The summed E-state index contributed by atoms with van der Waals surface area (Å²) >= 11 is 1.44. The van der Waals surface area contributed by atoms with Crippen LogP contribution in [-0.2, 0) is 0 Å². The Hall–Kier alpha value is -2.21. The Kier molecular flexibility index (Phi) is 2.88. The number of rotatable bonds is 3. The van der Waals surface area contributed by atoms with Gasteiger partial charge < -0.3 is 5.11 Å². The number of nitro groups is 1. The summed E-state index contributed by atoms with van der Waals surface area (Å²) in [6.45, 7) is 0. The van der Waals surface area contributed by atoms with Gasteiger partial charge in [-0.2, -0.15) is 11.3 Å². The Labute approximate surface area is 100 Å². The second-order valence-electron chi connectivity index (χ2n) is 3.30. The fourth-order valence-electron chi connectivity index (χ4n) is 1.49. The van der Waals surface area contributed by atoms with Gasteiger partial charge in [-0.3, -0.25) is 10.1 Å². The van der Waals surface area contributed by atoms with E-state index in [0.717, 1.165) is 11.6 Å². The Balaban J connectivity index is 2.61. The predicted molar refractivity (Wildman–Crippen MR) is 63.4 cm³/mol. The Bertz CT molecular complexity index is 577. The van der Waals surface area contributed by atoms with Crippen LogP contribution in [0.25, 0.3) is 11.1 Å². The lowest BCUT2D eigenvalue weighted by atomic mass is 10.0. The zero-order chi connectivity index (χ0) is 12.4. The van der Waals surface area contributed by atoms with Gasteiger partial charge in [-0.15, -0.1) is 0 Å². The maximum absolute atomic E-state index is 11.1.